The van der Waals surface area contributed by atoms with Crippen molar-refractivity contribution < 1.29 is 14.3 Å². The molecule has 1 atom stereocenters. The van der Waals surface area contributed by atoms with Gasteiger partial charge in [0, 0.05) is 12.1 Å². The third-order valence-corrected chi connectivity index (χ3v) is 3.11. The summed E-state index contributed by atoms with van der Waals surface area (Å²) in [5.74, 6) is -0.444. The minimum atomic E-state index is -0.842. The van der Waals surface area contributed by atoms with Crippen molar-refractivity contribution in [3.05, 3.63) is 24.2 Å². The van der Waals surface area contributed by atoms with Gasteiger partial charge in [0.25, 0.3) is 0 Å². The van der Waals surface area contributed by atoms with E-state index in [1.807, 2.05) is 31.9 Å². The fourth-order valence-corrected chi connectivity index (χ4v) is 2.03. The molecule has 96 valence electrons. The quantitative estimate of drug-likeness (QED) is 0.829. The first-order valence-electron chi connectivity index (χ1n) is 5.82. The summed E-state index contributed by atoms with van der Waals surface area (Å²) >= 11 is 0. The molecule has 0 aliphatic heterocycles. The molecule has 0 aromatic carbocycles. The largest absolute Gasteiger partial charge is 0.480 e. The summed E-state index contributed by atoms with van der Waals surface area (Å²) in [4.78, 5) is 13.3. The van der Waals surface area contributed by atoms with Crippen LogP contribution in [0.3, 0.4) is 0 Å². The Morgan fingerprint density at radius 1 is 1.59 bits per heavy atom. The Balaban J connectivity index is 2.79. The number of rotatable bonds is 6. The zero-order valence-corrected chi connectivity index (χ0v) is 10.9. The van der Waals surface area contributed by atoms with Gasteiger partial charge in [0.05, 0.1) is 12.5 Å². The molecule has 0 radical (unpaired) electrons. The molecular formula is C13H21NO3. The van der Waals surface area contributed by atoms with Gasteiger partial charge in [-0.1, -0.05) is 13.8 Å². The lowest BCUT2D eigenvalue weighted by molar-refractivity contribution is -0.151. The standard InChI is InChI=1S/C13H21NO3/c1-10(2)7-13(3,12(15)16)14(4)8-11-5-6-17-9-11/h5-6,9-10H,7-8H2,1-4H3,(H,15,16). The molecule has 4 nitrogen and oxygen atoms in total. The first-order valence-corrected chi connectivity index (χ1v) is 5.82. The molecule has 0 saturated carbocycles. The summed E-state index contributed by atoms with van der Waals surface area (Å²) in [6.07, 6.45) is 3.87. The normalized spacial score (nSPS) is 15.2. The molecule has 1 unspecified atom stereocenters. The first kappa shape index (κ1) is 13.8. The highest BCUT2D eigenvalue weighted by Gasteiger charge is 2.38. The molecule has 1 aromatic heterocycles. The lowest BCUT2D eigenvalue weighted by atomic mass is 9.89. The van der Waals surface area contributed by atoms with Gasteiger partial charge in [-0.25, -0.2) is 0 Å². The number of carbonyl (C=O) groups is 1. The van der Waals surface area contributed by atoms with Crippen molar-refractivity contribution in [2.75, 3.05) is 7.05 Å². The zero-order chi connectivity index (χ0) is 13.1. The van der Waals surface area contributed by atoms with Gasteiger partial charge in [-0.3, -0.25) is 9.69 Å². The van der Waals surface area contributed by atoms with E-state index in [9.17, 15) is 9.90 Å². The second-order valence-corrected chi connectivity index (χ2v) is 5.16. The summed E-state index contributed by atoms with van der Waals surface area (Å²) in [7, 11) is 1.84. The van der Waals surface area contributed by atoms with Crippen LogP contribution in [-0.4, -0.2) is 28.6 Å². The van der Waals surface area contributed by atoms with Crippen molar-refractivity contribution in [3.63, 3.8) is 0 Å². The molecule has 4 heteroatoms. The fraction of sp³-hybridized carbons (Fsp3) is 0.615. The molecule has 0 bridgehead atoms. The van der Waals surface area contributed by atoms with Crippen molar-refractivity contribution >= 4 is 5.97 Å². The Kier molecular flexibility index (Phi) is 4.34. The third kappa shape index (κ3) is 3.33. The van der Waals surface area contributed by atoms with Crippen molar-refractivity contribution in [2.24, 2.45) is 5.92 Å². The summed E-state index contributed by atoms with van der Waals surface area (Å²) < 4.78 is 5.00. The maximum absolute atomic E-state index is 11.5. The number of likely N-dealkylation sites (N-methyl/N-ethyl adjacent to an activating group) is 1. The average molecular weight is 239 g/mol. The Morgan fingerprint density at radius 2 is 2.24 bits per heavy atom. The monoisotopic (exact) mass is 239 g/mol. The van der Waals surface area contributed by atoms with Gasteiger partial charge in [0.2, 0.25) is 0 Å². The third-order valence-electron chi connectivity index (χ3n) is 3.11. The van der Waals surface area contributed by atoms with E-state index >= 15 is 0 Å². The van der Waals surface area contributed by atoms with Crippen LogP contribution in [0.25, 0.3) is 0 Å². The van der Waals surface area contributed by atoms with E-state index in [1.54, 1.807) is 19.5 Å². The van der Waals surface area contributed by atoms with Gasteiger partial charge >= 0.3 is 5.97 Å². The Bertz CT molecular complexity index is 359. The van der Waals surface area contributed by atoms with Crippen LogP contribution >= 0.6 is 0 Å². The second-order valence-electron chi connectivity index (χ2n) is 5.16. The summed E-state index contributed by atoms with van der Waals surface area (Å²) in [6, 6.07) is 1.86. The second kappa shape index (κ2) is 5.36. The van der Waals surface area contributed by atoms with Crippen molar-refractivity contribution in [3.8, 4) is 0 Å². The van der Waals surface area contributed by atoms with Gasteiger partial charge in [-0.05, 0) is 32.4 Å². The summed E-state index contributed by atoms with van der Waals surface area (Å²) in [5.41, 5.74) is 0.148. The van der Waals surface area contributed by atoms with Crippen LogP contribution in [0.5, 0.6) is 0 Å². The van der Waals surface area contributed by atoms with Crippen molar-refractivity contribution in [1.29, 1.82) is 0 Å². The minimum absolute atomic E-state index is 0.336. The van der Waals surface area contributed by atoms with Crippen LogP contribution in [0.15, 0.2) is 23.0 Å². The van der Waals surface area contributed by atoms with Crippen LogP contribution in [0.4, 0.5) is 0 Å². The van der Waals surface area contributed by atoms with E-state index in [0.29, 0.717) is 18.9 Å². The van der Waals surface area contributed by atoms with E-state index in [2.05, 4.69) is 0 Å². The molecule has 1 N–H and O–H groups in total. The molecular weight excluding hydrogens is 218 g/mol. The maximum atomic E-state index is 11.5. The highest BCUT2D eigenvalue weighted by atomic mass is 16.4. The first-order chi connectivity index (χ1) is 7.86. The van der Waals surface area contributed by atoms with E-state index in [1.165, 1.54) is 0 Å². The van der Waals surface area contributed by atoms with Crippen LogP contribution in [0.2, 0.25) is 0 Å². The molecule has 0 aliphatic rings. The number of nitrogens with zero attached hydrogens (tertiary/aromatic N) is 1. The van der Waals surface area contributed by atoms with Gasteiger partial charge in [-0.2, -0.15) is 0 Å². The predicted octanol–water partition coefficient (Wildman–Crippen LogP) is 2.60. The number of furan rings is 1. The number of aliphatic carboxylic acids is 1. The molecule has 0 aliphatic carbocycles. The number of hydrogen-bond acceptors (Lipinski definition) is 3. The molecule has 0 spiro atoms. The SMILES string of the molecule is CC(C)CC(C)(C(=O)O)N(C)Cc1ccoc1. The lowest BCUT2D eigenvalue weighted by Gasteiger charge is -2.36. The Morgan fingerprint density at radius 3 is 2.65 bits per heavy atom. The number of carboxylic acids is 1. The minimum Gasteiger partial charge on any atom is -0.480 e. The van der Waals surface area contributed by atoms with E-state index in [0.717, 1.165) is 5.56 Å². The van der Waals surface area contributed by atoms with Crippen molar-refractivity contribution in [1.82, 2.24) is 4.90 Å². The van der Waals surface area contributed by atoms with Crippen LogP contribution in [0, 0.1) is 5.92 Å². The van der Waals surface area contributed by atoms with Crippen LogP contribution in [0.1, 0.15) is 32.8 Å². The smallest absolute Gasteiger partial charge is 0.323 e. The summed E-state index contributed by atoms with van der Waals surface area (Å²) in [5, 5.41) is 9.42. The van der Waals surface area contributed by atoms with Gasteiger partial charge in [0.15, 0.2) is 0 Å². The molecule has 1 heterocycles. The van der Waals surface area contributed by atoms with Crippen LogP contribution in [-0.2, 0) is 11.3 Å². The van der Waals surface area contributed by atoms with Crippen molar-refractivity contribution in [2.45, 2.75) is 39.3 Å². The topological polar surface area (TPSA) is 53.7 Å². The van der Waals surface area contributed by atoms with E-state index < -0.39 is 11.5 Å². The molecule has 0 fully saturated rings. The maximum Gasteiger partial charge on any atom is 0.323 e. The Labute approximate surface area is 102 Å². The van der Waals surface area contributed by atoms with Gasteiger partial charge < -0.3 is 9.52 Å². The molecule has 0 saturated heterocycles. The van der Waals surface area contributed by atoms with Gasteiger partial charge in [0.1, 0.15) is 5.54 Å². The molecule has 17 heavy (non-hydrogen) atoms. The molecule has 1 rings (SSSR count). The molecule has 1 aromatic rings. The average Bonchev–Trinajstić information content (AvgIpc) is 2.68. The number of carboxylic acid groups (broad SMARTS) is 1. The highest BCUT2D eigenvalue weighted by molar-refractivity contribution is 5.78. The predicted molar refractivity (Wildman–Crippen MR) is 65.7 cm³/mol. The fourth-order valence-electron chi connectivity index (χ4n) is 2.03. The van der Waals surface area contributed by atoms with E-state index in [-0.39, 0.29) is 0 Å². The zero-order valence-electron chi connectivity index (χ0n) is 10.9. The van der Waals surface area contributed by atoms with Crippen LogP contribution < -0.4 is 0 Å². The molecule has 0 amide bonds. The lowest BCUT2D eigenvalue weighted by Crippen LogP contribution is -2.50. The number of hydrogen-bond donors (Lipinski definition) is 1. The Hall–Kier alpha value is -1.29. The summed E-state index contributed by atoms with van der Waals surface area (Å²) in [6.45, 7) is 6.42. The van der Waals surface area contributed by atoms with E-state index in [4.69, 9.17) is 4.42 Å². The van der Waals surface area contributed by atoms with Gasteiger partial charge in [-0.15, -0.1) is 0 Å². The highest BCUT2D eigenvalue weighted by Crippen LogP contribution is 2.25.